The fraction of sp³-hybridized carbons (Fsp3) is 0.333. The predicted molar refractivity (Wildman–Crippen MR) is 70.3 cm³/mol. The molecule has 7 heteroatoms. The first kappa shape index (κ1) is 14.0. The van der Waals surface area contributed by atoms with E-state index in [2.05, 4.69) is 9.72 Å². The van der Waals surface area contributed by atoms with Gasteiger partial charge < -0.3 is 4.74 Å². The van der Waals surface area contributed by atoms with Gasteiger partial charge in [0, 0.05) is 20.9 Å². The molecule has 1 heterocycles. The molecule has 0 unspecified atom stereocenters. The van der Waals surface area contributed by atoms with E-state index in [1.165, 1.54) is 13.3 Å². The Morgan fingerprint density at radius 2 is 2.19 bits per heavy atom. The topological polar surface area (TPSA) is 39.2 Å². The van der Waals surface area contributed by atoms with Crippen molar-refractivity contribution in [3.63, 3.8) is 0 Å². The number of nitrogens with zero attached hydrogens (tertiary/aromatic N) is 1. The summed E-state index contributed by atoms with van der Waals surface area (Å²) in [6.07, 6.45) is -1.44. The number of ether oxygens (including phenoxy) is 1. The smallest absolute Gasteiger partial charge is 0.310 e. The lowest BCUT2D eigenvalue weighted by Crippen LogP contribution is -2.11. The number of methoxy groups -OCH3 is 1. The van der Waals surface area contributed by atoms with Gasteiger partial charge in [0.2, 0.25) is 0 Å². The highest BCUT2D eigenvalue weighted by Crippen LogP contribution is 2.30. The highest BCUT2D eigenvalue weighted by molar-refractivity contribution is 14.1. The van der Waals surface area contributed by atoms with E-state index >= 15 is 0 Å². The molecular weight excluding hydrogens is 446 g/mol. The van der Waals surface area contributed by atoms with Gasteiger partial charge in [0.25, 0.3) is 6.43 Å². The van der Waals surface area contributed by atoms with Gasteiger partial charge in [-0.05, 0) is 45.2 Å². The summed E-state index contributed by atoms with van der Waals surface area (Å²) < 4.78 is 30.9. The van der Waals surface area contributed by atoms with Gasteiger partial charge in [-0.25, -0.2) is 13.8 Å². The number of rotatable bonds is 3. The molecule has 0 atom stereocenters. The maximum Gasteiger partial charge on any atom is 0.310 e. The number of aromatic nitrogens is 1. The normalized spacial score (nSPS) is 10.6. The zero-order valence-corrected chi connectivity index (χ0v) is 12.5. The first-order valence-electron chi connectivity index (χ1n) is 4.15. The van der Waals surface area contributed by atoms with Crippen molar-refractivity contribution < 1.29 is 18.3 Å². The quantitative estimate of drug-likeness (QED) is 0.402. The summed E-state index contributed by atoms with van der Waals surface area (Å²) in [5.41, 5.74) is 0.111. The highest BCUT2D eigenvalue weighted by atomic mass is 127. The number of halogens is 4. The number of hydrogen-bond acceptors (Lipinski definition) is 3. The van der Waals surface area contributed by atoms with Crippen LogP contribution < -0.4 is 0 Å². The van der Waals surface area contributed by atoms with Crippen molar-refractivity contribution in [3.8, 4) is 0 Å². The minimum absolute atomic E-state index is 0.134. The number of hydrogen-bond donors (Lipinski definition) is 0. The average Bonchev–Trinajstić information content (AvgIpc) is 2.22. The number of carbonyl (C=O) groups excluding carboxylic acids is 1. The molecule has 1 aromatic rings. The monoisotopic (exact) mass is 453 g/mol. The van der Waals surface area contributed by atoms with Crippen LogP contribution in [-0.2, 0) is 16.0 Å². The lowest BCUT2D eigenvalue weighted by molar-refractivity contribution is -0.139. The molecule has 0 aromatic carbocycles. The Bertz CT molecular complexity index is 413. The van der Waals surface area contributed by atoms with Gasteiger partial charge in [0.1, 0.15) is 3.70 Å². The minimum atomic E-state index is -2.62. The van der Waals surface area contributed by atoms with Gasteiger partial charge in [-0.1, -0.05) is 0 Å². The summed E-state index contributed by atoms with van der Waals surface area (Å²) in [5, 5.41) is 0. The van der Waals surface area contributed by atoms with Crippen LogP contribution in [0.25, 0.3) is 0 Å². The SMILES string of the molecule is COC(=O)Cc1c(I)ncc(I)c1C(F)F. The van der Waals surface area contributed by atoms with Gasteiger partial charge in [0.15, 0.2) is 0 Å². The molecule has 3 nitrogen and oxygen atoms in total. The highest BCUT2D eigenvalue weighted by Gasteiger charge is 2.22. The van der Waals surface area contributed by atoms with Crippen molar-refractivity contribution in [2.45, 2.75) is 12.8 Å². The number of esters is 1. The molecule has 0 N–H and O–H groups in total. The third-order valence-corrected chi connectivity index (χ3v) is 3.68. The molecule has 16 heavy (non-hydrogen) atoms. The molecule has 0 spiro atoms. The second kappa shape index (κ2) is 6.03. The standard InChI is InChI=1S/C9H7F2I2NO2/c1-16-6(15)2-4-7(8(10)11)5(12)3-14-9(4)13/h3,8H,2H2,1H3. The molecule has 0 aliphatic rings. The number of carbonyl (C=O) groups is 1. The van der Waals surface area contributed by atoms with Crippen molar-refractivity contribution in [2.75, 3.05) is 7.11 Å². The van der Waals surface area contributed by atoms with Gasteiger partial charge in [-0.3, -0.25) is 4.79 Å². The van der Waals surface area contributed by atoms with Crippen molar-refractivity contribution in [1.29, 1.82) is 0 Å². The maximum atomic E-state index is 12.8. The fourth-order valence-electron chi connectivity index (χ4n) is 1.14. The van der Waals surface area contributed by atoms with Crippen LogP contribution in [0.3, 0.4) is 0 Å². The average molecular weight is 453 g/mol. The molecule has 0 bridgehead atoms. The van der Waals surface area contributed by atoms with Gasteiger partial charge in [-0.2, -0.15) is 0 Å². The summed E-state index contributed by atoms with van der Waals surface area (Å²) in [7, 11) is 1.22. The Hall–Kier alpha value is -0.0600. The summed E-state index contributed by atoms with van der Waals surface area (Å²) in [6, 6.07) is 0. The molecule has 0 saturated heterocycles. The van der Waals surface area contributed by atoms with Crippen molar-refractivity contribution >= 4 is 51.2 Å². The van der Waals surface area contributed by atoms with Crippen LogP contribution in [0.4, 0.5) is 8.78 Å². The van der Waals surface area contributed by atoms with Crippen LogP contribution in [0.2, 0.25) is 0 Å². The molecule has 0 radical (unpaired) electrons. The minimum Gasteiger partial charge on any atom is -0.469 e. The van der Waals surface area contributed by atoms with Crippen LogP contribution in [0.5, 0.6) is 0 Å². The molecule has 0 amide bonds. The van der Waals surface area contributed by atoms with E-state index in [-0.39, 0.29) is 17.5 Å². The van der Waals surface area contributed by atoms with E-state index in [1.807, 2.05) is 22.6 Å². The van der Waals surface area contributed by atoms with E-state index < -0.39 is 12.4 Å². The predicted octanol–water partition coefficient (Wildman–Crippen LogP) is 2.94. The third-order valence-electron chi connectivity index (χ3n) is 1.89. The summed E-state index contributed by atoms with van der Waals surface area (Å²) in [6.45, 7) is 0. The molecule has 0 saturated carbocycles. The lowest BCUT2D eigenvalue weighted by Gasteiger charge is -2.11. The maximum absolute atomic E-state index is 12.8. The Labute approximate surface area is 118 Å². The van der Waals surface area contributed by atoms with Crippen LogP contribution in [0.15, 0.2) is 6.20 Å². The second-order valence-electron chi connectivity index (χ2n) is 2.84. The molecular formula is C9H7F2I2NO2. The van der Waals surface area contributed by atoms with Gasteiger partial charge in [-0.15, -0.1) is 0 Å². The summed E-state index contributed by atoms with van der Waals surface area (Å²) in [5.74, 6) is -0.552. The molecule has 0 aliphatic carbocycles. The van der Waals surface area contributed by atoms with E-state index in [4.69, 9.17) is 0 Å². The van der Waals surface area contributed by atoms with E-state index in [1.54, 1.807) is 22.6 Å². The Morgan fingerprint density at radius 3 is 2.69 bits per heavy atom. The van der Waals surface area contributed by atoms with Crippen LogP contribution in [0.1, 0.15) is 17.6 Å². The Kier molecular flexibility index (Phi) is 5.28. The fourth-order valence-corrected chi connectivity index (χ4v) is 2.46. The zero-order valence-electron chi connectivity index (χ0n) is 8.14. The van der Waals surface area contributed by atoms with Crippen LogP contribution >= 0.6 is 45.2 Å². The summed E-state index contributed by atoms with van der Waals surface area (Å²) >= 11 is 3.61. The molecule has 0 fully saturated rings. The number of pyridine rings is 1. The summed E-state index contributed by atoms with van der Waals surface area (Å²) in [4.78, 5) is 15.1. The first-order valence-corrected chi connectivity index (χ1v) is 6.30. The third kappa shape index (κ3) is 3.22. The van der Waals surface area contributed by atoms with E-state index in [0.717, 1.165) is 0 Å². The largest absolute Gasteiger partial charge is 0.469 e. The van der Waals surface area contributed by atoms with E-state index in [9.17, 15) is 13.6 Å². The van der Waals surface area contributed by atoms with Crippen LogP contribution in [-0.4, -0.2) is 18.1 Å². The second-order valence-corrected chi connectivity index (χ2v) is 5.03. The van der Waals surface area contributed by atoms with Crippen molar-refractivity contribution in [3.05, 3.63) is 24.6 Å². The van der Waals surface area contributed by atoms with Gasteiger partial charge in [0.05, 0.1) is 13.5 Å². The van der Waals surface area contributed by atoms with E-state index in [0.29, 0.717) is 7.27 Å². The molecule has 0 aliphatic heterocycles. The Morgan fingerprint density at radius 1 is 1.56 bits per heavy atom. The molecule has 1 aromatic heterocycles. The van der Waals surface area contributed by atoms with Crippen molar-refractivity contribution in [2.24, 2.45) is 0 Å². The first-order chi connectivity index (χ1) is 7.47. The molecule has 88 valence electrons. The molecule has 1 rings (SSSR count). The number of alkyl halides is 2. The lowest BCUT2D eigenvalue weighted by atomic mass is 10.1. The zero-order chi connectivity index (χ0) is 12.3. The van der Waals surface area contributed by atoms with Gasteiger partial charge >= 0.3 is 5.97 Å². The Balaban J connectivity index is 3.23. The van der Waals surface area contributed by atoms with Crippen molar-refractivity contribution in [1.82, 2.24) is 4.98 Å². The van der Waals surface area contributed by atoms with Crippen LogP contribution in [0, 0.1) is 7.27 Å².